The van der Waals surface area contributed by atoms with Crippen LogP contribution < -0.4 is 5.73 Å². The fraction of sp³-hybridized carbons (Fsp3) is 0.600. The van der Waals surface area contributed by atoms with E-state index < -0.39 is 0 Å². The molecule has 0 saturated heterocycles. The molecule has 1 aromatic rings. The molecule has 0 aliphatic carbocycles. The Kier molecular flexibility index (Phi) is 1.96. The Morgan fingerprint density at radius 1 is 1.36 bits per heavy atom. The van der Waals surface area contributed by atoms with Gasteiger partial charge in [-0.2, -0.15) is 0 Å². The summed E-state index contributed by atoms with van der Waals surface area (Å²) in [6.45, 7) is 8.42. The van der Waals surface area contributed by atoms with Gasteiger partial charge in [0.25, 0.3) is 0 Å². The van der Waals surface area contributed by atoms with Crippen LogP contribution in [0.25, 0.3) is 0 Å². The number of hydrogen-bond donors (Lipinski definition) is 1. The molecule has 2 heterocycles. The first-order valence-electron chi connectivity index (χ1n) is 4.82. The molecular formula is C10H16N4. The van der Waals surface area contributed by atoms with E-state index >= 15 is 0 Å². The first kappa shape index (κ1) is 9.40. The average Bonchev–Trinajstić information content (AvgIpc) is 2.45. The lowest BCUT2D eigenvalue weighted by Gasteiger charge is -2.30. The molecule has 0 unspecified atom stereocenters. The lowest BCUT2D eigenvalue weighted by molar-refractivity contribution is 0.135. The van der Waals surface area contributed by atoms with Crippen LogP contribution in [0.15, 0.2) is 6.20 Å². The first-order valence-corrected chi connectivity index (χ1v) is 4.82. The minimum atomic E-state index is 0.176. The van der Waals surface area contributed by atoms with E-state index in [2.05, 4.69) is 35.6 Å². The number of rotatable bonds is 0. The van der Waals surface area contributed by atoms with Gasteiger partial charge in [0, 0.05) is 30.4 Å². The summed E-state index contributed by atoms with van der Waals surface area (Å²) in [5.41, 5.74) is 8.00. The monoisotopic (exact) mass is 192 g/mol. The molecule has 0 aromatic carbocycles. The zero-order chi connectivity index (χ0) is 10.3. The quantitative estimate of drug-likeness (QED) is 0.670. The van der Waals surface area contributed by atoms with Crippen LogP contribution in [0.2, 0.25) is 0 Å². The van der Waals surface area contributed by atoms with Gasteiger partial charge >= 0.3 is 0 Å². The Hall–Kier alpha value is -1.16. The summed E-state index contributed by atoms with van der Waals surface area (Å²) >= 11 is 0. The zero-order valence-electron chi connectivity index (χ0n) is 8.91. The van der Waals surface area contributed by atoms with Crippen LogP contribution >= 0.6 is 0 Å². The predicted octanol–water partition coefficient (Wildman–Crippen LogP) is 1.17. The molecule has 1 aliphatic rings. The van der Waals surface area contributed by atoms with Gasteiger partial charge in [0.15, 0.2) is 0 Å². The number of anilines is 1. The molecule has 0 atom stereocenters. The SMILES string of the molecule is CC(C)(C)N1Cc2cnc(N)nc2C1. The van der Waals surface area contributed by atoms with Crippen molar-refractivity contribution in [3.05, 3.63) is 17.5 Å². The maximum Gasteiger partial charge on any atom is 0.220 e. The van der Waals surface area contributed by atoms with E-state index in [0.717, 1.165) is 18.8 Å². The van der Waals surface area contributed by atoms with Crippen molar-refractivity contribution in [1.29, 1.82) is 0 Å². The van der Waals surface area contributed by atoms with Crippen LogP contribution in [-0.4, -0.2) is 20.4 Å². The molecule has 0 amide bonds. The maximum atomic E-state index is 5.54. The van der Waals surface area contributed by atoms with Crippen LogP contribution in [0.1, 0.15) is 32.0 Å². The van der Waals surface area contributed by atoms with Crippen molar-refractivity contribution in [2.75, 3.05) is 5.73 Å². The van der Waals surface area contributed by atoms with Gasteiger partial charge in [0.1, 0.15) is 0 Å². The predicted molar refractivity (Wildman–Crippen MR) is 55.4 cm³/mol. The van der Waals surface area contributed by atoms with Crippen LogP contribution in [0.3, 0.4) is 0 Å². The third-order valence-corrected chi connectivity index (χ3v) is 2.62. The third-order valence-electron chi connectivity index (χ3n) is 2.62. The minimum Gasteiger partial charge on any atom is -0.368 e. The molecule has 0 saturated carbocycles. The third kappa shape index (κ3) is 1.57. The van der Waals surface area contributed by atoms with Gasteiger partial charge in [-0.15, -0.1) is 0 Å². The first-order chi connectivity index (χ1) is 6.47. The smallest absolute Gasteiger partial charge is 0.220 e. The Morgan fingerprint density at radius 3 is 2.71 bits per heavy atom. The van der Waals surface area contributed by atoms with Gasteiger partial charge in [0.05, 0.1) is 5.69 Å². The van der Waals surface area contributed by atoms with Crippen molar-refractivity contribution < 1.29 is 0 Å². The van der Waals surface area contributed by atoms with Crippen molar-refractivity contribution in [3.63, 3.8) is 0 Å². The molecule has 2 N–H and O–H groups in total. The Bertz CT molecular complexity index is 354. The van der Waals surface area contributed by atoms with Gasteiger partial charge in [-0.3, -0.25) is 4.90 Å². The standard InChI is InChI=1S/C10H16N4/c1-10(2,3)14-5-7-4-12-9(11)13-8(7)6-14/h4H,5-6H2,1-3H3,(H2,11,12,13). The number of aromatic nitrogens is 2. The van der Waals surface area contributed by atoms with Crippen molar-refractivity contribution in [2.24, 2.45) is 0 Å². The molecule has 4 nitrogen and oxygen atoms in total. The van der Waals surface area contributed by atoms with E-state index in [9.17, 15) is 0 Å². The van der Waals surface area contributed by atoms with Gasteiger partial charge in [-0.05, 0) is 20.8 Å². The highest BCUT2D eigenvalue weighted by Gasteiger charge is 2.29. The zero-order valence-corrected chi connectivity index (χ0v) is 8.91. The van der Waals surface area contributed by atoms with Crippen LogP contribution in [0.5, 0.6) is 0 Å². The molecule has 1 aliphatic heterocycles. The minimum absolute atomic E-state index is 0.176. The normalized spacial score (nSPS) is 17.1. The second-order valence-corrected chi connectivity index (χ2v) is 4.73. The van der Waals surface area contributed by atoms with Crippen molar-refractivity contribution >= 4 is 5.95 Å². The fourth-order valence-corrected chi connectivity index (χ4v) is 1.64. The van der Waals surface area contributed by atoms with Gasteiger partial charge in [0.2, 0.25) is 5.95 Å². The molecule has 4 heteroatoms. The highest BCUT2D eigenvalue weighted by molar-refractivity contribution is 5.28. The Morgan fingerprint density at radius 2 is 2.07 bits per heavy atom. The number of hydrogen-bond acceptors (Lipinski definition) is 4. The number of nitrogens with two attached hydrogens (primary N) is 1. The number of nitrogen functional groups attached to an aromatic ring is 1. The molecule has 1 aromatic heterocycles. The molecule has 76 valence electrons. The van der Waals surface area contributed by atoms with E-state index in [1.54, 1.807) is 0 Å². The van der Waals surface area contributed by atoms with Crippen molar-refractivity contribution in [2.45, 2.75) is 39.4 Å². The second kappa shape index (κ2) is 2.92. The van der Waals surface area contributed by atoms with Crippen LogP contribution in [0.4, 0.5) is 5.95 Å². The largest absolute Gasteiger partial charge is 0.368 e. The topological polar surface area (TPSA) is 55.0 Å². The Balaban J connectivity index is 2.26. The number of fused-ring (bicyclic) bond motifs is 1. The van der Waals surface area contributed by atoms with E-state index in [-0.39, 0.29) is 5.54 Å². The van der Waals surface area contributed by atoms with Crippen molar-refractivity contribution in [1.82, 2.24) is 14.9 Å². The molecule has 2 rings (SSSR count). The molecule has 0 bridgehead atoms. The summed E-state index contributed by atoms with van der Waals surface area (Å²) in [5.74, 6) is 0.375. The van der Waals surface area contributed by atoms with E-state index in [1.165, 1.54) is 5.56 Å². The highest BCUT2D eigenvalue weighted by atomic mass is 15.2. The van der Waals surface area contributed by atoms with E-state index in [1.807, 2.05) is 6.20 Å². The van der Waals surface area contributed by atoms with Crippen LogP contribution in [-0.2, 0) is 13.1 Å². The number of nitrogens with zero attached hydrogens (tertiary/aromatic N) is 3. The van der Waals surface area contributed by atoms with E-state index in [4.69, 9.17) is 5.73 Å². The summed E-state index contributed by atoms with van der Waals surface area (Å²) in [7, 11) is 0. The van der Waals surface area contributed by atoms with Crippen LogP contribution in [0, 0.1) is 0 Å². The summed E-state index contributed by atoms with van der Waals surface area (Å²) in [6.07, 6.45) is 1.84. The lowest BCUT2D eigenvalue weighted by atomic mass is 10.1. The second-order valence-electron chi connectivity index (χ2n) is 4.73. The molecule has 0 fully saturated rings. The maximum absolute atomic E-state index is 5.54. The molecule has 0 spiro atoms. The molecular weight excluding hydrogens is 176 g/mol. The van der Waals surface area contributed by atoms with Gasteiger partial charge in [-0.1, -0.05) is 0 Å². The molecule has 14 heavy (non-hydrogen) atoms. The van der Waals surface area contributed by atoms with E-state index in [0.29, 0.717) is 5.95 Å². The van der Waals surface area contributed by atoms with Gasteiger partial charge in [-0.25, -0.2) is 9.97 Å². The highest BCUT2D eigenvalue weighted by Crippen LogP contribution is 2.27. The van der Waals surface area contributed by atoms with Crippen molar-refractivity contribution in [3.8, 4) is 0 Å². The summed E-state index contributed by atoms with van der Waals surface area (Å²) in [4.78, 5) is 10.6. The lowest BCUT2D eigenvalue weighted by Crippen LogP contribution is -2.36. The summed E-state index contributed by atoms with van der Waals surface area (Å²) < 4.78 is 0. The average molecular weight is 192 g/mol. The molecule has 0 radical (unpaired) electrons. The fourth-order valence-electron chi connectivity index (χ4n) is 1.64. The summed E-state index contributed by atoms with van der Waals surface area (Å²) in [5, 5.41) is 0. The van der Waals surface area contributed by atoms with Gasteiger partial charge < -0.3 is 5.73 Å². The Labute approximate surface area is 84.2 Å². The summed E-state index contributed by atoms with van der Waals surface area (Å²) in [6, 6.07) is 0.